The summed E-state index contributed by atoms with van der Waals surface area (Å²) in [6, 6.07) is 0. The fraction of sp³-hybridized carbons (Fsp3) is 1.00. The molecule has 0 aromatic carbocycles. The SMILES string of the molecule is CNCC(O)COCCOC(C)(C)C. The van der Waals surface area contributed by atoms with Gasteiger partial charge in [0.1, 0.15) is 0 Å². The van der Waals surface area contributed by atoms with Gasteiger partial charge in [-0.2, -0.15) is 0 Å². The molecule has 0 aliphatic rings. The summed E-state index contributed by atoms with van der Waals surface area (Å²) in [5.41, 5.74) is -0.118. The summed E-state index contributed by atoms with van der Waals surface area (Å²) in [5.74, 6) is 0. The van der Waals surface area contributed by atoms with Crippen LogP contribution < -0.4 is 5.32 Å². The van der Waals surface area contributed by atoms with E-state index in [1.807, 2.05) is 20.8 Å². The zero-order valence-corrected chi connectivity index (χ0v) is 9.67. The van der Waals surface area contributed by atoms with Crippen molar-refractivity contribution in [3.05, 3.63) is 0 Å². The zero-order valence-electron chi connectivity index (χ0n) is 9.67. The molecule has 0 amide bonds. The van der Waals surface area contributed by atoms with Gasteiger partial charge in [0.05, 0.1) is 31.5 Å². The maximum Gasteiger partial charge on any atom is 0.0897 e. The summed E-state index contributed by atoms with van der Waals surface area (Å²) in [5, 5.41) is 12.2. The van der Waals surface area contributed by atoms with Crippen LogP contribution in [0.1, 0.15) is 20.8 Å². The maximum absolute atomic E-state index is 9.28. The largest absolute Gasteiger partial charge is 0.389 e. The Morgan fingerprint density at radius 1 is 1.29 bits per heavy atom. The highest BCUT2D eigenvalue weighted by atomic mass is 16.5. The van der Waals surface area contributed by atoms with Crippen molar-refractivity contribution in [2.75, 3.05) is 33.4 Å². The third kappa shape index (κ3) is 9.92. The molecule has 0 spiro atoms. The van der Waals surface area contributed by atoms with Crippen LogP contribution >= 0.6 is 0 Å². The molecule has 0 saturated heterocycles. The molecule has 0 radical (unpaired) electrons. The first-order valence-electron chi connectivity index (χ1n) is 5.00. The van der Waals surface area contributed by atoms with Gasteiger partial charge in [0, 0.05) is 6.54 Å². The molecule has 0 fully saturated rings. The number of likely N-dealkylation sites (N-methyl/N-ethyl adjacent to an activating group) is 1. The number of aliphatic hydroxyl groups excluding tert-OH is 1. The van der Waals surface area contributed by atoms with E-state index in [0.717, 1.165) is 0 Å². The van der Waals surface area contributed by atoms with Crippen LogP contribution in [-0.2, 0) is 9.47 Å². The van der Waals surface area contributed by atoms with Gasteiger partial charge in [0.25, 0.3) is 0 Å². The Morgan fingerprint density at radius 2 is 1.93 bits per heavy atom. The van der Waals surface area contributed by atoms with Gasteiger partial charge in [0.2, 0.25) is 0 Å². The molecule has 0 aromatic rings. The quantitative estimate of drug-likeness (QED) is 0.591. The van der Waals surface area contributed by atoms with Crippen LogP contribution in [0.3, 0.4) is 0 Å². The van der Waals surface area contributed by atoms with Gasteiger partial charge in [-0.05, 0) is 27.8 Å². The summed E-state index contributed by atoms with van der Waals surface area (Å²) in [4.78, 5) is 0. The maximum atomic E-state index is 9.28. The number of hydrogen-bond acceptors (Lipinski definition) is 4. The van der Waals surface area contributed by atoms with E-state index in [1.165, 1.54) is 0 Å². The van der Waals surface area contributed by atoms with Crippen LogP contribution in [-0.4, -0.2) is 50.2 Å². The van der Waals surface area contributed by atoms with Crippen molar-refractivity contribution in [1.82, 2.24) is 5.32 Å². The average Bonchev–Trinajstić information content (AvgIpc) is 2.02. The van der Waals surface area contributed by atoms with Crippen molar-refractivity contribution in [1.29, 1.82) is 0 Å². The molecular weight excluding hydrogens is 182 g/mol. The Labute approximate surface area is 86.6 Å². The second-order valence-corrected chi connectivity index (χ2v) is 4.25. The molecule has 0 aliphatic heterocycles. The fourth-order valence-electron chi connectivity index (χ4n) is 0.921. The Balaban J connectivity index is 3.21. The number of ether oxygens (including phenoxy) is 2. The molecule has 4 nitrogen and oxygen atoms in total. The van der Waals surface area contributed by atoms with E-state index in [-0.39, 0.29) is 5.60 Å². The zero-order chi connectivity index (χ0) is 11.0. The number of rotatable bonds is 7. The molecule has 1 unspecified atom stereocenters. The van der Waals surface area contributed by atoms with Gasteiger partial charge in [0.15, 0.2) is 0 Å². The second kappa shape index (κ2) is 7.17. The summed E-state index contributed by atoms with van der Waals surface area (Å²) < 4.78 is 10.7. The topological polar surface area (TPSA) is 50.7 Å². The minimum Gasteiger partial charge on any atom is -0.389 e. The van der Waals surface area contributed by atoms with Crippen LogP contribution in [0.25, 0.3) is 0 Å². The molecule has 0 heterocycles. The van der Waals surface area contributed by atoms with Gasteiger partial charge in [-0.25, -0.2) is 0 Å². The van der Waals surface area contributed by atoms with E-state index in [9.17, 15) is 5.11 Å². The Morgan fingerprint density at radius 3 is 2.43 bits per heavy atom. The van der Waals surface area contributed by atoms with Crippen molar-refractivity contribution in [3.8, 4) is 0 Å². The molecule has 0 saturated carbocycles. The lowest BCUT2D eigenvalue weighted by Crippen LogP contribution is -2.29. The van der Waals surface area contributed by atoms with E-state index in [1.54, 1.807) is 7.05 Å². The van der Waals surface area contributed by atoms with Crippen molar-refractivity contribution in [2.24, 2.45) is 0 Å². The first kappa shape index (κ1) is 13.8. The molecule has 14 heavy (non-hydrogen) atoms. The molecule has 0 rings (SSSR count). The normalized spacial score (nSPS) is 14.4. The third-order valence-corrected chi connectivity index (χ3v) is 1.51. The van der Waals surface area contributed by atoms with E-state index in [0.29, 0.717) is 26.4 Å². The fourth-order valence-corrected chi connectivity index (χ4v) is 0.921. The first-order valence-corrected chi connectivity index (χ1v) is 5.00. The summed E-state index contributed by atoms with van der Waals surface area (Å²) in [6.45, 7) is 8.01. The van der Waals surface area contributed by atoms with Crippen molar-refractivity contribution in [3.63, 3.8) is 0 Å². The molecule has 2 N–H and O–H groups in total. The summed E-state index contributed by atoms with van der Waals surface area (Å²) in [6.07, 6.45) is -0.436. The number of hydrogen-bond donors (Lipinski definition) is 2. The minimum absolute atomic E-state index is 0.118. The van der Waals surface area contributed by atoms with Crippen molar-refractivity contribution in [2.45, 2.75) is 32.5 Å². The minimum atomic E-state index is -0.436. The molecule has 0 aliphatic carbocycles. The highest BCUT2D eigenvalue weighted by molar-refractivity contribution is 4.58. The number of nitrogens with one attached hydrogen (secondary N) is 1. The van der Waals surface area contributed by atoms with Gasteiger partial charge < -0.3 is 19.9 Å². The van der Waals surface area contributed by atoms with Gasteiger partial charge in [-0.15, -0.1) is 0 Å². The highest BCUT2D eigenvalue weighted by Crippen LogP contribution is 2.05. The van der Waals surface area contributed by atoms with Gasteiger partial charge >= 0.3 is 0 Å². The molecular formula is C10H23NO3. The van der Waals surface area contributed by atoms with E-state index in [2.05, 4.69) is 5.32 Å². The van der Waals surface area contributed by atoms with Crippen LogP contribution in [0.15, 0.2) is 0 Å². The van der Waals surface area contributed by atoms with Crippen LogP contribution in [0.2, 0.25) is 0 Å². The molecule has 86 valence electrons. The molecule has 0 aromatic heterocycles. The average molecular weight is 205 g/mol. The lowest BCUT2D eigenvalue weighted by molar-refractivity contribution is -0.0469. The lowest BCUT2D eigenvalue weighted by Gasteiger charge is -2.19. The van der Waals surface area contributed by atoms with Gasteiger partial charge in [-0.3, -0.25) is 0 Å². The third-order valence-electron chi connectivity index (χ3n) is 1.51. The number of aliphatic hydroxyl groups is 1. The van der Waals surface area contributed by atoms with Crippen molar-refractivity contribution < 1.29 is 14.6 Å². The van der Waals surface area contributed by atoms with Crippen LogP contribution in [0.5, 0.6) is 0 Å². The summed E-state index contributed by atoms with van der Waals surface area (Å²) >= 11 is 0. The van der Waals surface area contributed by atoms with E-state index in [4.69, 9.17) is 9.47 Å². The Hall–Kier alpha value is -0.160. The summed E-state index contributed by atoms with van der Waals surface area (Å²) in [7, 11) is 1.80. The van der Waals surface area contributed by atoms with Crippen LogP contribution in [0, 0.1) is 0 Å². The van der Waals surface area contributed by atoms with E-state index < -0.39 is 6.10 Å². The van der Waals surface area contributed by atoms with E-state index >= 15 is 0 Å². The predicted octanol–water partition coefficient (Wildman–Crippen LogP) is 0.398. The molecule has 0 bridgehead atoms. The standard InChI is InChI=1S/C10H23NO3/c1-10(2,3)14-6-5-13-8-9(12)7-11-4/h9,11-12H,5-8H2,1-4H3. The van der Waals surface area contributed by atoms with Crippen LogP contribution in [0.4, 0.5) is 0 Å². The Kier molecular flexibility index (Phi) is 7.09. The second-order valence-electron chi connectivity index (χ2n) is 4.25. The highest BCUT2D eigenvalue weighted by Gasteiger charge is 2.09. The lowest BCUT2D eigenvalue weighted by atomic mass is 10.2. The smallest absolute Gasteiger partial charge is 0.0897 e. The molecule has 1 atom stereocenters. The van der Waals surface area contributed by atoms with Crippen molar-refractivity contribution >= 4 is 0 Å². The molecule has 4 heteroatoms. The monoisotopic (exact) mass is 205 g/mol. The predicted molar refractivity (Wildman–Crippen MR) is 56.5 cm³/mol. The van der Waals surface area contributed by atoms with Gasteiger partial charge in [-0.1, -0.05) is 0 Å². The first-order chi connectivity index (χ1) is 6.45. The Bertz CT molecular complexity index is 134.